The van der Waals surface area contributed by atoms with E-state index >= 15 is 0 Å². The highest BCUT2D eigenvalue weighted by molar-refractivity contribution is 5.86. The molecule has 5 aliphatic rings. The third-order valence-electron chi connectivity index (χ3n) is 13.6. The van der Waals surface area contributed by atoms with Crippen LogP contribution in [0, 0.1) is 13.3 Å². The van der Waals surface area contributed by atoms with E-state index in [1.807, 2.05) is 0 Å². The maximum atomic E-state index is 3.64. The molecule has 0 unspecified atom stereocenters. The Bertz CT molecular complexity index is 2330. The molecule has 4 radical (unpaired) electrons. The highest BCUT2D eigenvalue weighted by Crippen LogP contribution is 2.59. The van der Waals surface area contributed by atoms with Gasteiger partial charge in [-0.25, -0.2) is 0 Å². The standard InChI is InChI=1S/C52H52N8/c1-5-53-33-57(45-21-13-9-17-41(45)53)39-29-25-37(26-30-39)49-50(38-27-31-40(32-28-38)58-34-54(6-2)42-18-10-14-22-46(42)58)52(60-36-56(8-4)44-20-12-16-24-48(44)60)51(49)59-35-55(7-3)43-19-11-15-23-47(43)59/h9-32,49-52H,5-8,35-36H2,1-4H3/t49-,50+,51+,52-. The molecular formula is C52H52N8. The molecule has 0 aromatic heterocycles. The minimum atomic E-state index is 0.217. The summed E-state index contributed by atoms with van der Waals surface area (Å²) in [6, 6.07) is 54.7. The Morgan fingerprint density at radius 2 is 0.717 bits per heavy atom. The largest absolute Gasteiger partial charge is 0.352 e. The summed E-state index contributed by atoms with van der Waals surface area (Å²) in [4.78, 5) is 19.4. The number of fused-ring (bicyclic) bond motifs is 4. The lowest BCUT2D eigenvalue weighted by Gasteiger charge is -2.59. The maximum Gasteiger partial charge on any atom is 0.213 e. The zero-order valence-corrected chi connectivity index (χ0v) is 35.0. The van der Waals surface area contributed by atoms with Gasteiger partial charge in [-0.2, -0.15) is 0 Å². The molecule has 0 spiro atoms. The van der Waals surface area contributed by atoms with Crippen molar-refractivity contribution in [2.24, 2.45) is 0 Å². The number of rotatable bonds is 10. The summed E-state index contributed by atoms with van der Waals surface area (Å²) in [5.74, 6) is 0.463. The SMILES string of the molecule is CCN1[C]N(c2ccc([C@@H]3[C@H](c4ccc(N5[C]N(CC)c6ccccc65)cc4)[C@@H](N4CN(CC)c5ccccc54)[C@H]3N3CN(CC)c4ccccc43)cc2)c2ccccc21. The molecule has 8 nitrogen and oxygen atoms in total. The maximum absolute atomic E-state index is 3.64. The summed E-state index contributed by atoms with van der Waals surface area (Å²) in [5, 5.41) is 0. The van der Waals surface area contributed by atoms with Crippen molar-refractivity contribution in [3.63, 3.8) is 0 Å². The molecule has 0 saturated heterocycles. The van der Waals surface area contributed by atoms with Gasteiger partial charge in [-0.1, -0.05) is 72.8 Å². The van der Waals surface area contributed by atoms with Crippen LogP contribution in [0.25, 0.3) is 0 Å². The second-order valence-corrected chi connectivity index (χ2v) is 16.5. The normalized spacial score (nSPS) is 21.4. The smallest absolute Gasteiger partial charge is 0.213 e. The van der Waals surface area contributed by atoms with Crippen LogP contribution in [-0.4, -0.2) is 51.6 Å². The van der Waals surface area contributed by atoms with Gasteiger partial charge >= 0.3 is 0 Å². The van der Waals surface area contributed by atoms with Crippen LogP contribution in [0.1, 0.15) is 50.7 Å². The molecular weight excluding hydrogens is 737 g/mol. The van der Waals surface area contributed by atoms with Gasteiger partial charge in [0.15, 0.2) is 0 Å². The van der Waals surface area contributed by atoms with E-state index in [2.05, 4.69) is 226 Å². The second-order valence-electron chi connectivity index (χ2n) is 16.5. The van der Waals surface area contributed by atoms with Gasteiger partial charge in [0.05, 0.1) is 70.9 Å². The molecule has 300 valence electrons. The minimum Gasteiger partial charge on any atom is -0.352 e. The van der Waals surface area contributed by atoms with Crippen molar-refractivity contribution in [3.05, 3.63) is 170 Å². The van der Waals surface area contributed by atoms with Crippen LogP contribution in [0.3, 0.4) is 0 Å². The predicted octanol–water partition coefficient (Wildman–Crippen LogP) is 10.9. The number of hydrogen-bond acceptors (Lipinski definition) is 8. The van der Waals surface area contributed by atoms with E-state index in [1.54, 1.807) is 0 Å². The number of anilines is 10. The van der Waals surface area contributed by atoms with Crippen LogP contribution in [0.2, 0.25) is 0 Å². The van der Waals surface area contributed by atoms with Crippen LogP contribution in [-0.2, 0) is 0 Å². The van der Waals surface area contributed by atoms with Crippen LogP contribution in [0.15, 0.2) is 146 Å². The van der Waals surface area contributed by atoms with Crippen molar-refractivity contribution in [1.29, 1.82) is 0 Å². The summed E-state index contributed by atoms with van der Waals surface area (Å²) in [6.07, 6.45) is 0. The molecule has 6 aromatic rings. The van der Waals surface area contributed by atoms with Gasteiger partial charge in [-0.3, -0.25) is 0 Å². The predicted molar refractivity (Wildman–Crippen MR) is 249 cm³/mol. The van der Waals surface area contributed by atoms with E-state index < -0.39 is 0 Å². The Hall–Kier alpha value is -6.28. The van der Waals surface area contributed by atoms with Gasteiger partial charge in [0.25, 0.3) is 0 Å². The summed E-state index contributed by atoms with van der Waals surface area (Å²) in [6.45, 7) is 21.6. The molecule has 4 heterocycles. The summed E-state index contributed by atoms with van der Waals surface area (Å²) in [7, 11) is 0. The topological polar surface area (TPSA) is 25.9 Å². The number of para-hydroxylation sites is 8. The fraction of sp³-hybridized carbons (Fsp3) is 0.269. The monoisotopic (exact) mass is 788 g/mol. The van der Waals surface area contributed by atoms with E-state index in [9.17, 15) is 0 Å². The first kappa shape index (κ1) is 36.8. The van der Waals surface area contributed by atoms with E-state index in [-0.39, 0.29) is 23.9 Å². The third kappa shape index (κ3) is 5.63. The Morgan fingerprint density at radius 1 is 0.383 bits per heavy atom. The van der Waals surface area contributed by atoms with E-state index in [0.29, 0.717) is 0 Å². The number of hydrogen-bond donors (Lipinski definition) is 0. The first-order chi connectivity index (χ1) is 29.6. The first-order valence-electron chi connectivity index (χ1n) is 21.9. The zero-order chi connectivity index (χ0) is 40.5. The Morgan fingerprint density at radius 3 is 1.07 bits per heavy atom. The molecule has 1 aliphatic carbocycles. The average Bonchev–Trinajstić information content (AvgIpc) is 4.07. The van der Waals surface area contributed by atoms with Crippen molar-refractivity contribution in [1.82, 2.24) is 0 Å². The van der Waals surface area contributed by atoms with Gasteiger partial charge in [0.2, 0.25) is 13.3 Å². The van der Waals surface area contributed by atoms with Gasteiger partial charge in [-0.15, -0.1) is 0 Å². The molecule has 6 aromatic carbocycles. The Kier molecular flexibility index (Phi) is 9.05. The van der Waals surface area contributed by atoms with Crippen molar-refractivity contribution in [3.8, 4) is 0 Å². The molecule has 0 bridgehead atoms. The third-order valence-corrected chi connectivity index (χ3v) is 13.6. The fourth-order valence-electron chi connectivity index (χ4n) is 10.7. The average molecular weight is 789 g/mol. The lowest BCUT2D eigenvalue weighted by molar-refractivity contribution is 0.212. The highest BCUT2D eigenvalue weighted by atomic mass is 15.5. The van der Waals surface area contributed by atoms with E-state index in [4.69, 9.17) is 0 Å². The van der Waals surface area contributed by atoms with Crippen molar-refractivity contribution < 1.29 is 0 Å². The Labute approximate surface area is 356 Å². The van der Waals surface area contributed by atoms with Gasteiger partial charge in [0, 0.05) is 49.4 Å². The molecule has 60 heavy (non-hydrogen) atoms. The van der Waals surface area contributed by atoms with Crippen LogP contribution in [0.4, 0.5) is 56.9 Å². The zero-order valence-electron chi connectivity index (χ0n) is 35.0. The molecule has 11 rings (SSSR count). The number of benzene rings is 6. The minimum absolute atomic E-state index is 0.217. The van der Waals surface area contributed by atoms with Crippen molar-refractivity contribution >= 4 is 56.9 Å². The molecule has 4 atom stereocenters. The first-order valence-corrected chi connectivity index (χ1v) is 21.9. The fourth-order valence-corrected chi connectivity index (χ4v) is 10.7. The summed E-state index contributed by atoms with van der Waals surface area (Å²) in [5.41, 5.74) is 15.1. The van der Waals surface area contributed by atoms with Crippen molar-refractivity contribution in [2.75, 3.05) is 78.7 Å². The molecule has 8 heteroatoms. The second kappa shape index (κ2) is 14.8. The summed E-state index contributed by atoms with van der Waals surface area (Å²) < 4.78 is 0. The molecule has 4 aliphatic heterocycles. The Balaban J connectivity index is 1.03. The van der Waals surface area contributed by atoms with Gasteiger partial charge in [-0.05, 0) is 112 Å². The quantitative estimate of drug-likeness (QED) is 0.135. The lowest BCUT2D eigenvalue weighted by atomic mass is 9.58. The van der Waals surface area contributed by atoms with Crippen LogP contribution >= 0.6 is 0 Å². The molecule has 0 N–H and O–H groups in total. The molecule has 1 saturated carbocycles. The summed E-state index contributed by atoms with van der Waals surface area (Å²) >= 11 is 0. The van der Waals surface area contributed by atoms with Crippen molar-refractivity contribution in [2.45, 2.75) is 51.6 Å². The van der Waals surface area contributed by atoms with E-state index in [0.717, 1.165) is 50.9 Å². The van der Waals surface area contributed by atoms with Crippen LogP contribution < -0.4 is 39.2 Å². The van der Waals surface area contributed by atoms with Gasteiger partial charge in [0.1, 0.15) is 0 Å². The molecule has 0 amide bonds. The lowest BCUT2D eigenvalue weighted by Crippen LogP contribution is -2.68. The number of nitrogens with zero attached hydrogens (tertiary/aromatic N) is 8. The van der Waals surface area contributed by atoms with E-state index in [1.165, 1.54) is 56.6 Å². The van der Waals surface area contributed by atoms with Crippen LogP contribution in [0.5, 0.6) is 0 Å². The molecule has 1 fully saturated rings. The highest BCUT2D eigenvalue weighted by Gasteiger charge is 2.59. The van der Waals surface area contributed by atoms with Gasteiger partial charge < -0.3 is 39.2 Å².